The minimum absolute atomic E-state index is 0.0222. The van der Waals surface area contributed by atoms with Crippen LogP contribution in [-0.4, -0.2) is 129 Å². The summed E-state index contributed by atoms with van der Waals surface area (Å²) in [6.07, 6.45) is 0.226. The first-order chi connectivity index (χ1) is 29.1. The highest BCUT2D eigenvalue weighted by molar-refractivity contribution is 5.78. The predicted molar refractivity (Wildman–Crippen MR) is 243 cm³/mol. The van der Waals surface area contributed by atoms with Crippen LogP contribution in [-0.2, 0) is 38.1 Å². The summed E-state index contributed by atoms with van der Waals surface area (Å²) in [6, 6.07) is 39.0. The van der Waals surface area contributed by atoms with Gasteiger partial charge in [0.1, 0.15) is 40.1 Å². The highest BCUT2D eigenvalue weighted by Crippen LogP contribution is 2.64. The average Bonchev–Trinajstić information content (AvgIpc) is 3.19. The summed E-state index contributed by atoms with van der Waals surface area (Å²) < 4.78 is 27.6. The lowest BCUT2D eigenvalue weighted by atomic mass is 9.48. The molecule has 5 atom stereocenters. The lowest BCUT2D eigenvalue weighted by Crippen LogP contribution is -2.75. The maximum atomic E-state index is 14.5. The fraction of sp³-hybridized carbons (Fsp3) is 0.440. The summed E-state index contributed by atoms with van der Waals surface area (Å²) in [5.41, 5.74) is -0.104. The summed E-state index contributed by atoms with van der Waals surface area (Å²) in [7, 11) is 15.6. The van der Waals surface area contributed by atoms with Crippen molar-refractivity contribution in [2.75, 3.05) is 82.6 Å². The van der Waals surface area contributed by atoms with Crippen molar-refractivity contribution in [2.45, 2.75) is 55.0 Å². The number of ether oxygens (including phenoxy) is 4. The Bertz CT molecular complexity index is 2160. The van der Waals surface area contributed by atoms with Gasteiger partial charge in [-0.05, 0) is 61.4 Å². The first kappa shape index (κ1) is 44.6. The van der Waals surface area contributed by atoms with Crippen LogP contribution >= 0.6 is 0 Å². The van der Waals surface area contributed by atoms with E-state index in [4.69, 9.17) is 18.9 Å². The number of quaternary nitrogens is 4. The second-order valence-corrected chi connectivity index (χ2v) is 20.2. The lowest BCUT2D eigenvalue weighted by molar-refractivity contribution is -0.307. The molecule has 0 aliphatic heterocycles. The van der Waals surface area contributed by atoms with E-state index in [0.29, 0.717) is 12.8 Å². The first-order valence-corrected chi connectivity index (χ1v) is 21.5. The molecular weight excluding hydrogens is 785 g/mol. The molecule has 12 heteroatoms. The molecule has 8 rings (SSSR count). The molecule has 0 saturated heterocycles. The summed E-state index contributed by atoms with van der Waals surface area (Å²) in [5, 5.41) is 0. The van der Waals surface area contributed by atoms with Crippen molar-refractivity contribution in [2.24, 2.45) is 5.92 Å². The van der Waals surface area contributed by atoms with E-state index in [0.717, 1.165) is 22.7 Å². The Kier molecular flexibility index (Phi) is 12.0. The molecule has 0 aromatic heterocycles. The zero-order chi connectivity index (χ0) is 44.6. The van der Waals surface area contributed by atoms with Gasteiger partial charge in [0.15, 0.2) is 31.8 Å². The van der Waals surface area contributed by atoms with Crippen LogP contribution in [0.4, 0.5) is 22.7 Å². The van der Waals surface area contributed by atoms with Crippen LogP contribution in [0.5, 0.6) is 0 Å². The Morgan fingerprint density at radius 2 is 0.726 bits per heavy atom. The maximum Gasteiger partial charge on any atom is 0.362 e. The minimum Gasteiger partial charge on any atom is -0.455 e. The number of nitrogens with zero attached hydrogens (tertiary/aromatic N) is 4. The molecule has 4 aromatic rings. The van der Waals surface area contributed by atoms with Crippen LogP contribution in [0.25, 0.3) is 0 Å². The number of rotatable bonds is 16. The van der Waals surface area contributed by atoms with Crippen molar-refractivity contribution in [3.05, 3.63) is 121 Å². The number of carbonyl (C=O) groups is 4. The Balaban J connectivity index is 1.24. The fourth-order valence-corrected chi connectivity index (χ4v) is 10.6. The number of carbonyl (C=O) groups excluding carboxylic acids is 4. The normalized spacial score (nSPS) is 24.5. The molecule has 4 fully saturated rings. The van der Waals surface area contributed by atoms with E-state index < -0.39 is 52.7 Å². The fourth-order valence-electron chi connectivity index (χ4n) is 10.6. The molecule has 12 nitrogen and oxygen atoms in total. The molecule has 62 heavy (non-hydrogen) atoms. The second kappa shape index (κ2) is 16.7. The van der Waals surface area contributed by atoms with Crippen molar-refractivity contribution < 1.29 is 38.1 Å². The van der Waals surface area contributed by atoms with Crippen molar-refractivity contribution >= 4 is 46.6 Å². The third-order valence-electron chi connectivity index (χ3n) is 13.3. The predicted octanol–water partition coefficient (Wildman–Crippen LogP) is 6.42. The summed E-state index contributed by atoms with van der Waals surface area (Å²) >= 11 is 0. The van der Waals surface area contributed by atoms with Gasteiger partial charge in [-0.2, -0.15) is 0 Å². The van der Waals surface area contributed by atoms with Gasteiger partial charge in [0.25, 0.3) is 0 Å². The van der Waals surface area contributed by atoms with Gasteiger partial charge in [0.05, 0.1) is 56.4 Å². The maximum absolute atomic E-state index is 14.5. The van der Waals surface area contributed by atoms with Crippen LogP contribution in [0.2, 0.25) is 0 Å². The van der Waals surface area contributed by atoms with Crippen molar-refractivity contribution in [1.82, 2.24) is 17.9 Å². The topological polar surface area (TPSA) is 105 Å². The number of para-hydroxylation sites is 4. The van der Waals surface area contributed by atoms with E-state index in [1.54, 1.807) is 0 Å². The van der Waals surface area contributed by atoms with Crippen LogP contribution in [0, 0.1) is 5.92 Å². The molecule has 4 saturated carbocycles. The Labute approximate surface area is 366 Å². The molecule has 0 amide bonds. The van der Waals surface area contributed by atoms with Gasteiger partial charge in [-0.25, -0.2) is 19.2 Å². The lowest BCUT2D eigenvalue weighted by Gasteiger charge is -2.65. The average molecular weight is 849 g/mol. The highest BCUT2D eigenvalue weighted by Gasteiger charge is 2.74. The summed E-state index contributed by atoms with van der Waals surface area (Å²) in [4.78, 5) is 57.2. The zero-order valence-electron chi connectivity index (χ0n) is 37.6. The molecule has 4 aliphatic carbocycles. The second-order valence-electron chi connectivity index (χ2n) is 20.2. The van der Waals surface area contributed by atoms with E-state index in [-0.39, 0.29) is 63.4 Å². The van der Waals surface area contributed by atoms with Gasteiger partial charge < -0.3 is 18.9 Å². The largest absolute Gasteiger partial charge is 0.455 e. The van der Waals surface area contributed by atoms with E-state index >= 15 is 0 Å². The van der Waals surface area contributed by atoms with Gasteiger partial charge >= 0.3 is 23.9 Å². The molecule has 0 spiro atoms. The number of hydrogen-bond donors (Lipinski definition) is 0. The Morgan fingerprint density at radius 1 is 0.435 bits per heavy atom. The summed E-state index contributed by atoms with van der Waals surface area (Å²) in [5.74, 6) is -2.27. The monoisotopic (exact) mass is 848 g/mol. The van der Waals surface area contributed by atoms with E-state index in [2.05, 4.69) is 0 Å². The van der Waals surface area contributed by atoms with Crippen molar-refractivity contribution in [3.8, 4) is 0 Å². The van der Waals surface area contributed by atoms with Crippen LogP contribution in [0.3, 0.4) is 0 Å². The first-order valence-electron chi connectivity index (χ1n) is 21.5. The number of hydrogen-bond acceptors (Lipinski definition) is 8. The molecule has 328 valence electrons. The minimum atomic E-state index is -1.47. The zero-order valence-corrected chi connectivity index (χ0v) is 37.6. The third kappa shape index (κ3) is 9.63. The van der Waals surface area contributed by atoms with Crippen LogP contribution in [0.15, 0.2) is 121 Å². The van der Waals surface area contributed by atoms with E-state index in [9.17, 15) is 19.2 Å². The molecule has 4 aromatic carbocycles. The smallest absolute Gasteiger partial charge is 0.362 e. The highest BCUT2D eigenvalue weighted by atomic mass is 16.6. The van der Waals surface area contributed by atoms with E-state index in [1.807, 2.05) is 178 Å². The van der Waals surface area contributed by atoms with Gasteiger partial charge in [-0.15, -0.1) is 0 Å². The number of likely N-dealkylation sites (N-methyl/N-ethyl adjacent to an activating group) is 4. The van der Waals surface area contributed by atoms with Crippen LogP contribution < -0.4 is 17.9 Å². The van der Waals surface area contributed by atoms with Gasteiger partial charge in [-0.1, -0.05) is 72.8 Å². The van der Waals surface area contributed by atoms with E-state index in [1.165, 1.54) is 0 Å². The van der Waals surface area contributed by atoms with Gasteiger partial charge in [-0.3, -0.25) is 17.9 Å². The van der Waals surface area contributed by atoms with Crippen molar-refractivity contribution in [1.29, 1.82) is 0 Å². The Hall–Kier alpha value is -5.40. The summed E-state index contributed by atoms with van der Waals surface area (Å²) in [6.45, 7) is 0.0628. The molecule has 0 radical (unpaired) electrons. The third-order valence-corrected chi connectivity index (χ3v) is 13.3. The number of esters is 4. The van der Waals surface area contributed by atoms with Crippen LogP contribution in [0.1, 0.15) is 32.1 Å². The molecule has 4 bridgehead atoms. The Morgan fingerprint density at radius 3 is 1.05 bits per heavy atom. The molecule has 4 aliphatic rings. The quantitative estimate of drug-likeness (QED) is 0.0724. The SMILES string of the molecule is C[N+](C)(CC(=O)OC1C2C[C@]3(OC(=O)C[N+](C)(C)c4ccccc4)CC1(OC(=O)C[N+](C)(C)c1ccccc1)C[C@](OC(=O)C[N+](C)(C)c1ccccc1)(C2)C3)c1ccccc1. The molecule has 0 heterocycles. The number of benzene rings is 4. The molecule has 0 N–H and O–H groups in total. The van der Waals surface area contributed by atoms with Gasteiger partial charge in [0, 0.05) is 25.2 Å². The standard InChI is InChI=1S/C50H64N4O8/c1-51(2,39-21-13-9-14-22-39)31-43(55)59-47-38-29-48(60-44(56)32-52(3,4)40-23-15-10-16-24-40)35-49(30-38,61-45(57)33-53(5,6)41-25-17-11-18-26-41)37-50(47,36-48)62-46(58)34-54(7,8)42-27-19-12-20-28-42/h9-28,38,47H,29-37H2,1-8H3/q+4/t38?,47?,48-,49+,50?. The van der Waals surface area contributed by atoms with Crippen molar-refractivity contribution in [3.63, 3.8) is 0 Å². The van der Waals surface area contributed by atoms with Gasteiger partial charge in [0.2, 0.25) is 0 Å². The molecular formula is C50H64N4O8+4. The molecule has 3 unspecified atom stereocenters.